The van der Waals surface area contributed by atoms with E-state index in [1.807, 2.05) is 24.4 Å². The van der Waals surface area contributed by atoms with Gasteiger partial charge in [-0.1, -0.05) is 0 Å². The molecule has 10 nitrogen and oxygen atoms in total. The molecule has 188 valence electrons. The average molecular weight is 496 g/mol. The van der Waals surface area contributed by atoms with E-state index in [-0.39, 0.29) is 5.91 Å². The van der Waals surface area contributed by atoms with Crippen LogP contribution in [-0.2, 0) is 0 Å². The van der Waals surface area contributed by atoms with Crippen LogP contribution >= 0.6 is 0 Å². The molecule has 6 rings (SSSR count). The van der Waals surface area contributed by atoms with Crippen LogP contribution in [0.15, 0.2) is 55.2 Å². The number of hydrogen-bond acceptors (Lipinski definition) is 9. The van der Waals surface area contributed by atoms with Gasteiger partial charge in [0.2, 0.25) is 0 Å². The van der Waals surface area contributed by atoms with Crippen molar-refractivity contribution in [2.75, 3.05) is 61.4 Å². The first-order valence-corrected chi connectivity index (χ1v) is 12.7. The molecule has 2 fully saturated rings. The molecule has 4 aromatic rings. The molecule has 4 aromatic heterocycles. The van der Waals surface area contributed by atoms with Crippen molar-refractivity contribution in [1.29, 1.82) is 0 Å². The van der Waals surface area contributed by atoms with Gasteiger partial charge in [-0.15, -0.1) is 0 Å². The van der Waals surface area contributed by atoms with Crippen LogP contribution < -0.4 is 15.1 Å². The molecule has 0 radical (unpaired) electrons. The third kappa shape index (κ3) is 5.05. The lowest BCUT2D eigenvalue weighted by atomic mass is 10.1. The van der Waals surface area contributed by atoms with Crippen molar-refractivity contribution in [3.8, 4) is 11.3 Å². The second-order valence-corrected chi connectivity index (χ2v) is 9.59. The highest BCUT2D eigenvalue weighted by atomic mass is 16.1. The van der Waals surface area contributed by atoms with Gasteiger partial charge in [0.15, 0.2) is 0 Å². The number of rotatable bonds is 5. The number of hydrogen-bond donors (Lipinski definition) is 1. The Balaban J connectivity index is 1.21. The Morgan fingerprint density at radius 2 is 1.65 bits per heavy atom. The van der Waals surface area contributed by atoms with Crippen molar-refractivity contribution in [2.45, 2.75) is 12.8 Å². The number of pyridine rings is 3. The highest BCUT2D eigenvalue weighted by Crippen LogP contribution is 2.25. The number of amides is 1. The van der Waals surface area contributed by atoms with Crippen molar-refractivity contribution >= 4 is 34.3 Å². The Labute approximate surface area is 215 Å². The summed E-state index contributed by atoms with van der Waals surface area (Å²) in [4.78, 5) is 42.5. The fourth-order valence-corrected chi connectivity index (χ4v) is 4.79. The van der Waals surface area contributed by atoms with Gasteiger partial charge in [0.25, 0.3) is 5.91 Å². The normalized spacial score (nSPS) is 16.4. The molecule has 1 amide bonds. The molecule has 10 heteroatoms. The number of carbonyl (C=O) groups excluding carboxylic acids is 1. The van der Waals surface area contributed by atoms with Crippen molar-refractivity contribution in [1.82, 2.24) is 29.8 Å². The van der Waals surface area contributed by atoms with E-state index in [9.17, 15) is 4.79 Å². The molecule has 0 aliphatic carbocycles. The van der Waals surface area contributed by atoms with Crippen LogP contribution in [0, 0.1) is 0 Å². The first kappa shape index (κ1) is 23.2. The van der Waals surface area contributed by atoms with Crippen molar-refractivity contribution in [3.05, 3.63) is 60.8 Å². The number of likely N-dealkylation sites (N-methyl/N-ethyl adjacent to an activating group) is 1. The minimum atomic E-state index is -0.224. The van der Waals surface area contributed by atoms with E-state index in [4.69, 9.17) is 4.98 Å². The van der Waals surface area contributed by atoms with E-state index < -0.39 is 0 Å². The summed E-state index contributed by atoms with van der Waals surface area (Å²) in [6.07, 6.45) is 11.1. The molecule has 0 unspecified atom stereocenters. The Hall–Kier alpha value is -4.18. The van der Waals surface area contributed by atoms with Crippen LogP contribution in [0.3, 0.4) is 0 Å². The molecule has 0 spiro atoms. The Morgan fingerprint density at radius 3 is 2.49 bits per heavy atom. The van der Waals surface area contributed by atoms with Crippen LogP contribution in [0.5, 0.6) is 0 Å². The van der Waals surface area contributed by atoms with Gasteiger partial charge in [-0.3, -0.25) is 14.8 Å². The maximum absolute atomic E-state index is 13.0. The molecule has 1 N–H and O–H groups in total. The summed E-state index contributed by atoms with van der Waals surface area (Å²) in [5, 5.41) is 3.79. The molecular formula is C27H29N9O. The predicted octanol–water partition coefficient (Wildman–Crippen LogP) is 3.09. The number of piperazine rings is 1. The molecule has 2 aliphatic heterocycles. The topological polar surface area (TPSA) is 103 Å². The van der Waals surface area contributed by atoms with Gasteiger partial charge in [0.05, 0.1) is 29.8 Å². The summed E-state index contributed by atoms with van der Waals surface area (Å²) in [5.74, 6) is 1.95. The van der Waals surface area contributed by atoms with Gasteiger partial charge in [-0.2, -0.15) is 0 Å². The van der Waals surface area contributed by atoms with E-state index >= 15 is 0 Å². The lowest BCUT2D eigenvalue weighted by Crippen LogP contribution is -2.44. The van der Waals surface area contributed by atoms with E-state index in [0.29, 0.717) is 11.4 Å². The maximum atomic E-state index is 13.0. The zero-order valence-corrected chi connectivity index (χ0v) is 20.8. The Morgan fingerprint density at radius 1 is 0.838 bits per heavy atom. The zero-order valence-electron chi connectivity index (χ0n) is 20.8. The summed E-state index contributed by atoms with van der Waals surface area (Å²) in [7, 11) is 2.11. The second kappa shape index (κ2) is 10.1. The van der Waals surface area contributed by atoms with Crippen molar-refractivity contribution in [3.63, 3.8) is 0 Å². The molecule has 37 heavy (non-hydrogen) atoms. The van der Waals surface area contributed by atoms with Crippen molar-refractivity contribution in [2.24, 2.45) is 0 Å². The lowest BCUT2D eigenvalue weighted by Gasteiger charge is -2.33. The Bertz CT molecular complexity index is 1430. The molecule has 0 bridgehead atoms. The van der Waals surface area contributed by atoms with Gasteiger partial charge < -0.3 is 20.0 Å². The van der Waals surface area contributed by atoms with Crippen LogP contribution in [0.1, 0.15) is 23.2 Å². The van der Waals surface area contributed by atoms with Gasteiger partial charge in [0.1, 0.15) is 17.5 Å². The largest absolute Gasteiger partial charge is 0.355 e. The second-order valence-electron chi connectivity index (χ2n) is 9.59. The number of carbonyl (C=O) groups is 1. The number of nitrogens with one attached hydrogen (secondary N) is 1. The van der Waals surface area contributed by atoms with Gasteiger partial charge in [-0.05, 0) is 44.2 Å². The lowest BCUT2D eigenvalue weighted by molar-refractivity contribution is 0.102. The molecule has 2 aliphatic rings. The highest BCUT2D eigenvalue weighted by molar-refractivity contribution is 6.04. The monoisotopic (exact) mass is 495 g/mol. The molecule has 0 aromatic carbocycles. The summed E-state index contributed by atoms with van der Waals surface area (Å²) in [5.41, 5.74) is 2.93. The van der Waals surface area contributed by atoms with E-state index in [2.05, 4.69) is 47.0 Å². The smallest absolute Gasteiger partial charge is 0.257 e. The predicted molar refractivity (Wildman–Crippen MR) is 144 cm³/mol. The number of fused-ring (bicyclic) bond motifs is 1. The summed E-state index contributed by atoms with van der Waals surface area (Å²) in [6.45, 7) is 5.75. The Kier molecular flexibility index (Phi) is 6.32. The van der Waals surface area contributed by atoms with E-state index in [1.165, 1.54) is 12.8 Å². The van der Waals surface area contributed by atoms with Crippen LogP contribution in [0.4, 0.5) is 17.5 Å². The maximum Gasteiger partial charge on any atom is 0.257 e. The van der Waals surface area contributed by atoms with Crippen LogP contribution in [-0.4, -0.2) is 82.0 Å². The van der Waals surface area contributed by atoms with Gasteiger partial charge >= 0.3 is 0 Å². The van der Waals surface area contributed by atoms with E-state index in [1.54, 1.807) is 30.9 Å². The van der Waals surface area contributed by atoms with Gasteiger partial charge in [0, 0.05) is 68.2 Å². The molecule has 2 saturated heterocycles. The number of aromatic nitrogens is 5. The fraction of sp³-hybridized carbons (Fsp3) is 0.333. The third-order valence-corrected chi connectivity index (χ3v) is 6.99. The van der Waals surface area contributed by atoms with Gasteiger partial charge in [-0.25, -0.2) is 15.0 Å². The standard InChI is InChI=1S/C27H29N9O/c1-34-8-10-36(11-9-34)25-14-19(4-5-29-25)27(37)33-24-13-20-12-21(15-30-22(20)17-31-24)23-16-28-18-26(32-23)35-6-2-3-7-35/h4-5,12-18H,2-3,6-11H2,1H3,(H,31,33,37). The SMILES string of the molecule is CN1CCN(c2cc(C(=O)Nc3cc4cc(-c5cncc(N6CCCC6)n5)cnc4cn3)ccn2)CC1. The molecular weight excluding hydrogens is 466 g/mol. The molecule has 6 heterocycles. The highest BCUT2D eigenvalue weighted by Gasteiger charge is 2.18. The minimum Gasteiger partial charge on any atom is -0.355 e. The first-order chi connectivity index (χ1) is 18.1. The number of nitrogens with zero attached hydrogens (tertiary/aromatic N) is 8. The van der Waals surface area contributed by atoms with Crippen molar-refractivity contribution < 1.29 is 4.79 Å². The number of anilines is 3. The molecule has 0 atom stereocenters. The first-order valence-electron chi connectivity index (χ1n) is 12.7. The summed E-state index contributed by atoms with van der Waals surface area (Å²) in [6, 6.07) is 7.41. The van der Waals surface area contributed by atoms with Crippen LogP contribution in [0.25, 0.3) is 22.2 Å². The zero-order chi connectivity index (χ0) is 25.2. The van der Waals surface area contributed by atoms with Crippen LogP contribution in [0.2, 0.25) is 0 Å². The third-order valence-electron chi connectivity index (χ3n) is 6.99. The summed E-state index contributed by atoms with van der Waals surface area (Å²) >= 11 is 0. The minimum absolute atomic E-state index is 0.224. The fourth-order valence-electron chi connectivity index (χ4n) is 4.79. The summed E-state index contributed by atoms with van der Waals surface area (Å²) < 4.78 is 0. The molecule has 0 saturated carbocycles. The average Bonchev–Trinajstić information content (AvgIpc) is 3.49. The van der Waals surface area contributed by atoms with E-state index in [0.717, 1.165) is 73.1 Å². The quantitative estimate of drug-likeness (QED) is 0.447.